The maximum absolute atomic E-state index is 11.9. The van der Waals surface area contributed by atoms with Crippen molar-refractivity contribution in [2.45, 2.75) is 0 Å². The Morgan fingerprint density at radius 2 is 1.79 bits per heavy atom. The van der Waals surface area contributed by atoms with Gasteiger partial charge in [0, 0.05) is 10.0 Å². The highest BCUT2D eigenvalue weighted by Crippen LogP contribution is 2.22. The molecule has 1 aromatic rings. The minimum atomic E-state index is -0.0892. The molecule has 0 heterocycles. The predicted molar refractivity (Wildman–Crippen MR) is 60.2 cm³/mol. The highest BCUT2D eigenvalue weighted by molar-refractivity contribution is 9.10. The van der Waals surface area contributed by atoms with Crippen molar-refractivity contribution < 1.29 is 4.79 Å². The van der Waals surface area contributed by atoms with E-state index in [0.717, 1.165) is 10.0 Å². The molecule has 2 rings (SSSR count). The molecule has 1 aliphatic carbocycles. The Labute approximate surface area is 91.3 Å². The zero-order valence-electron chi connectivity index (χ0n) is 7.48. The average Bonchev–Trinajstić information content (AvgIpc) is 2.70. The Bertz CT molecular complexity index is 406. The minimum absolute atomic E-state index is 0.0892. The summed E-state index contributed by atoms with van der Waals surface area (Å²) in [6, 6.07) is 7.50. The van der Waals surface area contributed by atoms with E-state index in [2.05, 4.69) is 15.9 Å². The van der Waals surface area contributed by atoms with Crippen LogP contribution in [-0.4, -0.2) is 5.78 Å². The maximum Gasteiger partial charge on any atom is 0.174 e. The molecule has 14 heavy (non-hydrogen) atoms. The van der Waals surface area contributed by atoms with Crippen molar-refractivity contribution in [3.63, 3.8) is 0 Å². The summed E-state index contributed by atoms with van der Waals surface area (Å²) in [4.78, 5) is 11.9. The molecule has 0 unspecified atom stereocenters. The van der Waals surface area contributed by atoms with Gasteiger partial charge in [0.25, 0.3) is 0 Å². The van der Waals surface area contributed by atoms with E-state index in [1.807, 2.05) is 48.6 Å². The molecule has 0 spiro atoms. The molecular weight excluding hydrogens is 240 g/mol. The van der Waals surface area contributed by atoms with E-state index in [0.29, 0.717) is 0 Å². The number of hydrogen-bond donors (Lipinski definition) is 0. The molecule has 0 fully saturated rings. The lowest BCUT2D eigenvalue weighted by Gasteiger charge is -2.06. The lowest BCUT2D eigenvalue weighted by atomic mass is 9.99. The first-order valence-electron chi connectivity index (χ1n) is 4.43. The fourth-order valence-corrected chi connectivity index (χ4v) is 1.93. The van der Waals surface area contributed by atoms with Crippen LogP contribution in [0.15, 0.2) is 53.0 Å². The van der Waals surface area contributed by atoms with E-state index in [9.17, 15) is 4.79 Å². The zero-order chi connectivity index (χ0) is 9.97. The predicted octanol–water partition coefficient (Wildman–Crippen LogP) is 3.37. The lowest BCUT2D eigenvalue weighted by Crippen LogP contribution is -2.09. The molecule has 0 radical (unpaired) electrons. The van der Waals surface area contributed by atoms with E-state index in [1.165, 1.54) is 0 Å². The van der Waals surface area contributed by atoms with Crippen LogP contribution in [0.4, 0.5) is 0 Å². The van der Waals surface area contributed by atoms with Crippen LogP contribution in [0.2, 0.25) is 0 Å². The first-order chi connectivity index (χ1) is 6.79. The van der Waals surface area contributed by atoms with Crippen LogP contribution in [-0.2, 0) is 0 Å². The van der Waals surface area contributed by atoms with E-state index in [-0.39, 0.29) is 11.7 Å². The molecule has 0 aliphatic heterocycles. The van der Waals surface area contributed by atoms with Gasteiger partial charge in [-0.2, -0.15) is 0 Å². The summed E-state index contributed by atoms with van der Waals surface area (Å²) in [7, 11) is 0. The number of benzene rings is 1. The van der Waals surface area contributed by atoms with Crippen molar-refractivity contribution >= 4 is 21.7 Å². The largest absolute Gasteiger partial charge is 0.293 e. The second-order valence-corrected chi connectivity index (χ2v) is 3.99. The number of carbonyl (C=O) groups is 1. The van der Waals surface area contributed by atoms with Gasteiger partial charge in [-0.15, -0.1) is 0 Å². The monoisotopic (exact) mass is 248 g/mol. The Morgan fingerprint density at radius 1 is 1.14 bits per heavy atom. The topological polar surface area (TPSA) is 17.1 Å². The van der Waals surface area contributed by atoms with Gasteiger partial charge in [0.1, 0.15) is 0 Å². The van der Waals surface area contributed by atoms with Gasteiger partial charge in [-0.3, -0.25) is 4.79 Å². The first-order valence-corrected chi connectivity index (χ1v) is 5.22. The fraction of sp³-hybridized carbons (Fsp3) is 0.0833. The smallest absolute Gasteiger partial charge is 0.174 e. The number of ketones is 1. The van der Waals surface area contributed by atoms with Crippen molar-refractivity contribution in [1.82, 2.24) is 0 Å². The molecule has 2 heteroatoms. The second kappa shape index (κ2) is 3.93. The van der Waals surface area contributed by atoms with E-state index < -0.39 is 0 Å². The van der Waals surface area contributed by atoms with Crippen molar-refractivity contribution in [3.8, 4) is 0 Å². The fourth-order valence-electron chi connectivity index (χ4n) is 1.45. The highest BCUT2D eigenvalue weighted by Gasteiger charge is 2.17. The standard InChI is InChI=1S/C12H9BrO/c13-11-8-4-3-7-10(11)12(14)9-5-1-2-6-9/h1-9H. The van der Waals surface area contributed by atoms with Crippen molar-refractivity contribution in [1.29, 1.82) is 0 Å². The zero-order valence-corrected chi connectivity index (χ0v) is 9.07. The minimum Gasteiger partial charge on any atom is -0.293 e. The molecule has 0 bridgehead atoms. The normalized spacial score (nSPS) is 14.9. The van der Waals surface area contributed by atoms with Crippen LogP contribution in [0.5, 0.6) is 0 Å². The van der Waals surface area contributed by atoms with Gasteiger partial charge in [-0.1, -0.05) is 58.4 Å². The molecule has 0 N–H and O–H groups in total. The summed E-state index contributed by atoms with van der Waals surface area (Å²) in [6.07, 6.45) is 7.61. The molecule has 1 aromatic carbocycles. The lowest BCUT2D eigenvalue weighted by molar-refractivity contribution is 0.0965. The van der Waals surface area contributed by atoms with Crippen LogP contribution < -0.4 is 0 Å². The summed E-state index contributed by atoms with van der Waals surface area (Å²) in [6.45, 7) is 0. The number of hydrogen-bond acceptors (Lipinski definition) is 1. The van der Waals surface area contributed by atoms with Gasteiger partial charge in [0.05, 0.1) is 5.92 Å². The summed E-state index contributed by atoms with van der Waals surface area (Å²) in [5.74, 6) is 0.0520. The summed E-state index contributed by atoms with van der Waals surface area (Å²) >= 11 is 3.37. The SMILES string of the molecule is O=C(c1ccccc1Br)C1C=CC=C1. The first kappa shape index (κ1) is 9.41. The van der Waals surface area contributed by atoms with E-state index in [4.69, 9.17) is 0 Å². The highest BCUT2D eigenvalue weighted by atomic mass is 79.9. The van der Waals surface area contributed by atoms with Crippen LogP contribution in [0.3, 0.4) is 0 Å². The molecule has 0 saturated carbocycles. The molecular formula is C12H9BrO. The number of Topliss-reactive ketones (excluding diaryl/α,β-unsaturated/α-hetero) is 1. The Balaban J connectivity index is 2.31. The van der Waals surface area contributed by atoms with Gasteiger partial charge >= 0.3 is 0 Å². The van der Waals surface area contributed by atoms with Crippen molar-refractivity contribution in [3.05, 3.63) is 58.6 Å². The molecule has 1 nitrogen and oxygen atoms in total. The molecule has 1 aliphatic rings. The molecule has 0 amide bonds. The van der Waals surface area contributed by atoms with Gasteiger partial charge in [-0.25, -0.2) is 0 Å². The quantitative estimate of drug-likeness (QED) is 0.734. The third-order valence-electron chi connectivity index (χ3n) is 2.19. The Kier molecular flexibility index (Phi) is 2.64. The van der Waals surface area contributed by atoms with E-state index >= 15 is 0 Å². The Morgan fingerprint density at radius 3 is 2.43 bits per heavy atom. The van der Waals surface area contributed by atoms with Crippen LogP contribution in [0.1, 0.15) is 10.4 Å². The van der Waals surface area contributed by atoms with Gasteiger partial charge in [-0.05, 0) is 6.07 Å². The molecule has 0 saturated heterocycles. The van der Waals surface area contributed by atoms with E-state index in [1.54, 1.807) is 0 Å². The van der Waals surface area contributed by atoms with Crippen LogP contribution >= 0.6 is 15.9 Å². The number of allylic oxidation sites excluding steroid dienone is 4. The number of halogens is 1. The second-order valence-electron chi connectivity index (χ2n) is 3.14. The van der Waals surface area contributed by atoms with Crippen molar-refractivity contribution in [2.75, 3.05) is 0 Å². The summed E-state index contributed by atoms with van der Waals surface area (Å²) in [5.41, 5.74) is 0.744. The van der Waals surface area contributed by atoms with Gasteiger partial charge in [0.15, 0.2) is 5.78 Å². The van der Waals surface area contributed by atoms with Crippen molar-refractivity contribution in [2.24, 2.45) is 5.92 Å². The number of rotatable bonds is 2. The Hall–Kier alpha value is -1.15. The third kappa shape index (κ3) is 1.70. The van der Waals surface area contributed by atoms with Crippen LogP contribution in [0, 0.1) is 5.92 Å². The average molecular weight is 249 g/mol. The van der Waals surface area contributed by atoms with Gasteiger partial charge < -0.3 is 0 Å². The number of carbonyl (C=O) groups excluding carboxylic acids is 1. The van der Waals surface area contributed by atoms with Crippen LogP contribution in [0.25, 0.3) is 0 Å². The van der Waals surface area contributed by atoms with Gasteiger partial charge in [0.2, 0.25) is 0 Å². The summed E-state index contributed by atoms with van der Waals surface area (Å²) in [5, 5.41) is 0. The third-order valence-corrected chi connectivity index (χ3v) is 2.88. The molecule has 0 atom stereocenters. The maximum atomic E-state index is 11.9. The molecule has 70 valence electrons. The molecule has 0 aromatic heterocycles. The summed E-state index contributed by atoms with van der Waals surface area (Å²) < 4.78 is 0.860.